The van der Waals surface area contributed by atoms with Gasteiger partial charge in [-0.05, 0) is 39.7 Å². The fraction of sp³-hybridized carbons (Fsp3) is 0.917. The molecule has 0 aromatic heterocycles. The summed E-state index contributed by atoms with van der Waals surface area (Å²) in [6, 6.07) is 0.663. The third kappa shape index (κ3) is 4.49. The molecular formula is C12H24N2O2. The summed E-state index contributed by atoms with van der Waals surface area (Å²) < 4.78 is 5.00. The average Bonchev–Trinajstić information content (AvgIpc) is 2.26. The summed E-state index contributed by atoms with van der Waals surface area (Å²) in [5.41, 5.74) is 0. The molecule has 0 spiro atoms. The van der Waals surface area contributed by atoms with Crippen LogP contribution in [-0.4, -0.2) is 38.3 Å². The van der Waals surface area contributed by atoms with Crippen LogP contribution >= 0.6 is 0 Å². The Bertz CT molecular complexity index is 221. The van der Waals surface area contributed by atoms with Crippen LogP contribution < -0.4 is 10.6 Å². The van der Waals surface area contributed by atoms with E-state index in [9.17, 15) is 4.79 Å². The van der Waals surface area contributed by atoms with E-state index in [-0.39, 0.29) is 17.9 Å². The van der Waals surface area contributed by atoms with Crippen molar-refractivity contribution in [1.82, 2.24) is 10.6 Å². The minimum absolute atomic E-state index is 0.182. The monoisotopic (exact) mass is 228 g/mol. The molecule has 1 rings (SSSR count). The molecule has 0 bridgehead atoms. The third-order valence-corrected chi connectivity index (χ3v) is 3.14. The van der Waals surface area contributed by atoms with Crippen LogP contribution in [0.5, 0.6) is 0 Å². The molecule has 1 unspecified atom stereocenters. The number of ether oxygens (including phenoxy) is 1. The quantitative estimate of drug-likeness (QED) is 0.735. The van der Waals surface area contributed by atoms with Gasteiger partial charge in [0.25, 0.3) is 0 Å². The maximum absolute atomic E-state index is 11.9. The molecule has 16 heavy (non-hydrogen) atoms. The van der Waals surface area contributed by atoms with Gasteiger partial charge in [-0.15, -0.1) is 0 Å². The average molecular weight is 228 g/mol. The summed E-state index contributed by atoms with van der Waals surface area (Å²) in [4.78, 5) is 11.9. The first kappa shape index (κ1) is 13.5. The first-order valence-electron chi connectivity index (χ1n) is 6.16. The second-order valence-electron chi connectivity index (χ2n) is 4.77. The maximum Gasteiger partial charge on any atom is 0.223 e. The van der Waals surface area contributed by atoms with Crippen LogP contribution in [0.2, 0.25) is 0 Å². The molecule has 3 atom stereocenters. The lowest BCUT2D eigenvalue weighted by Gasteiger charge is -2.28. The van der Waals surface area contributed by atoms with Crippen LogP contribution in [0.15, 0.2) is 0 Å². The standard InChI is InChI=1S/C12H24N2O2/c1-9(5-7-16-3)14-12(15)11-4-6-13-10(2)8-11/h9-11,13H,4-8H2,1-3H3,(H,14,15)/t9?,10-,11-/m0/s1. The third-order valence-electron chi connectivity index (χ3n) is 3.14. The molecule has 1 saturated heterocycles. The zero-order chi connectivity index (χ0) is 12.0. The summed E-state index contributed by atoms with van der Waals surface area (Å²) in [7, 11) is 1.68. The van der Waals surface area contributed by atoms with Gasteiger partial charge in [0, 0.05) is 31.7 Å². The van der Waals surface area contributed by atoms with Gasteiger partial charge in [-0.1, -0.05) is 0 Å². The number of carbonyl (C=O) groups is 1. The van der Waals surface area contributed by atoms with Crippen molar-refractivity contribution in [3.63, 3.8) is 0 Å². The van der Waals surface area contributed by atoms with E-state index in [2.05, 4.69) is 17.6 Å². The normalized spacial score (nSPS) is 27.4. The molecule has 4 heteroatoms. The van der Waals surface area contributed by atoms with Gasteiger partial charge in [-0.25, -0.2) is 0 Å². The highest BCUT2D eigenvalue weighted by molar-refractivity contribution is 5.79. The van der Waals surface area contributed by atoms with Crippen LogP contribution in [0, 0.1) is 5.92 Å². The van der Waals surface area contributed by atoms with Gasteiger partial charge < -0.3 is 15.4 Å². The number of hydrogen-bond donors (Lipinski definition) is 2. The largest absolute Gasteiger partial charge is 0.385 e. The van der Waals surface area contributed by atoms with Gasteiger partial charge in [-0.2, -0.15) is 0 Å². The Balaban J connectivity index is 2.27. The van der Waals surface area contributed by atoms with Crippen molar-refractivity contribution in [3.8, 4) is 0 Å². The molecule has 1 aliphatic heterocycles. The number of carbonyl (C=O) groups excluding carboxylic acids is 1. The van der Waals surface area contributed by atoms with Crippen LogP contribution in [0.3, 0.4) is 0 Å². The van der Waals surface area contributed by atoms with Crippen LogP contribution in [0.4, 0.5) is 0 Å². The number of rotatable bonds is 5. The number of nitrogens with one attached hydrogen (secondary N) is 2. The van der Waals surface area contributed by atoms with Gasteiger partial charge >= 0.3 is 0 Å². The molecule has 1 heterocycles. The topological polar surface area (TPSA) is 50.4 Å². The highest BCUT2D eigenvalue weighted by atomic mass is 16.5. The molecule has 1 amide bonds. The van der Waals surface area contributed by atoms with Gasteiger partial charge in [0.05, 0.1) is 0 Å². The van der Waals surface area contributed by atoms with E-state index in [0.29, 0.717) is 12.6 Å². The second kappa shape index (κ2) is 6.86. The predicted molar refractivity (Wildman–Crippen MR) is 64.3 cm³/mol. The first-order chi connectivity index (χ1) is 7.63. The van der Waals surface area contributed by atoms with Crippen molar-refractivity contribution in [3.05, 3.63) is 0 Å². The fourth-order valence-electron chi connectivity index (χ4n) is 2.10. The molecule has 4 nitrogen and oxygen atoms in total. The Hall–Kier alpha value is -0.610. The van der Waals surface area contributed by atoms with Crippen molar-refractivity contribution in [2.75, 3.05) is 20.3 Å². The molecule has 0 aromatic carbocycles. The van der Waals surface area contributed by atoms with Crippen molar-refractivity contribution in [2.45, 2.75) is 45.2 Å². The van der Waals surface area contributed by atoms with E-state index in [1.807, 2.05) is 6.92 Å². The lowest BCUT2D eigenvalue weighted by atomic mass is 9.92. The smallest absolute Gasteiger partial charge is 0.223 e. The highest BCUT2D eigenvalue weighted by Crippen LogP contribution is 2.16. The van der Waals surface area contributed by atoms with Crippen molar-refractivity contribution in [2.24, 2.45) is 5.92 Å². The predicted octanol–water partition coefficient (Wildman–Crippen LogP) is 0.916. The van der Waals surface area contributed by atoms with Crippen LogP contribution in [0.25, 0.3) is 0 Å². The fourth-order valence-corrected chi connectivity index (χ4v) is 2.10. The molecule has 0 aliphatic carbocycles. The maximum atomic E-state index is 11.9. The zero-order valence-electron chi connectivity index (χ0n) is 10.6. The van der Waals surface area contributed by atoms with E-state index in [4.69, 9.17) is 4.74 Å². The molecule has 0 radical (unpaired) electrons. The van der Waals surface area contributed by atoms with Crippen molar-refractivity contribution < 1.29 is 9.53 Å². The van der Waals surface area contributed by atoms with Gasteiger partial charge in [0.2, 0.25) is 5.91 Å². The number of piperidine rings is 1. The Morgan fingerprint density at radius 3 is 3.00 bits per heavy atom. The van der Waals surface area contributed by atoms with Crippen LogP contribution in [0.1, 0.15) is 33.1 Å². The number of amides is 1. The van der Waals surface area contributed by atoms with Crippen molar-refractivity contribution >= 4 is 5.91 Å². The molecule has 0 saturated carbocycles. The van der Waals surface area contributed by atoms with Crippen LogP contribution in [-0.2, 0) is 9.53 Å². The molecule has 1 fully saturated rings. The molecule has 1 aliphatic rings. The van der Waals surface area contributed by atoms with E-state index < -0.39 is 0 Å². The Morgan fingerprint density at radius 2 is 2.38 bits per heavy atom. The minimum atomic E-state index is 0.182. The molecular weight excluding hydrogens is 204 g/mol. The number of methoxy groups -OCH3 is 1. The zero-order valence-corrected chi connectivity index (χ0v) is 10.6. The summed E-state index contributed by atoms with van der Waals surface area (Å²) in [6.07, 6.45) is 2.78. The first-order valence-corrected chi connectivity index (χ1v) is 6.16. The van der Waals surface area contributed by atoms with E-state index >= 15 is 0 Å². The number of hydrogen-bond acceptors (Lipinski definition) is 3. The molecule has 94 valence electrons. The summed E-state index contributed by atoms with van der Waals surface area (Å²) in [5.74, 6) is 0.387. The Morgan fingerprint density at radius 1 is 1.62 bits per heavy atom. The van der Waals surface area contributed by atoms with Gasteiger partial charge in [0.1, 0.15) is 0 Å². The molecule has 2 N–H and O–H groups in total. The second-order valence-corrected chi connectivity index (χ2v) is 4.77. The highest BCUT2D eigenvalue weighted by Gasteiger charge is 2.25. The van der Waals surface area contributed by atoms with E-state index in [1.165, 1.54) is 0 Å². The molecule has 0 aromatic rings. The van der Waals surface area contributed by atoms with Gasteiger partial charge in [0.15, 0.2) is 0 Å². The Kier molecular flexibility index (Phi) is 5.77. The summed E-state index contributed by atoms with van der Waals surface area (Å²) >= 11 is 0. The van der Waals surface area contributed by atoms with E-state index in [0.717, 1.165) is 25.8 Å². The summed E-state index contributed by atoms with van der Waals surface area (Å²) in [6.45, 7) is 5.81. The van der Waals surface area contributed by atoms with Gasteiger partial charge in [-0.3, -0.25) is 4.79 Å². The SMILES string of the molecule is COCCC(C)NC(=O)[C@H]1CCN[C@@H](C)C1. The summed E-state index contributed by atoms with van der Waals surface area (Å²) in [5, 5.41) is 6.41. The minimum Gasteiger partial charge on any atom is -0.385 e. The lowest BCUT2D eigenvalue weighted by molar-refractivity contribution is -0.126. The lowest BCUT2D eigenvalue weighted by Crippen LogP contribution is -2.44. The Labute approximate surface area is 98.1 Å². The van der Waals surface area contributed by atoms with E-state index in [1.54, 1.807) is 7.11 Å². The van der Waals surface area contributed by atoms with Crippen molar-refractivity contribution in [1.29, 1.82) is 0 Å².